The highest BCUT2D eigenvalue weighted by atomic mass is 19.1. The first-order chi connectivity index (χ1) is 14.1. The summed E-state index contributed by atoms with van der Waals surface area (Å²) in [6, 6.07) is 14.3. The Balaban J connectivity index is 1.45. The Morgan fingerprint density at radius 3 is 2.66 bits per heavy atom. The summed E-state index contributed by atoms with van der Waals surface area (Å²) in [5, 5.41) is 9.04. The molecule has 2 N–H and O–H groups in total. The average molecular weight is 391 g/mol. The number of hydrogen-bond acceptors (Lipinski definition) is 4. The van der Waals surface area contributed by atoms with E-state index in [0.717, 1.165) is 29.8 Å². The molecule has 1 unspecified atom stereocenters. The summed E-state index contributed by atoms with van der Waals surface area (Å²) in [6.07, 6.45) is 5.94. The molecule has 5 rings (SSSR count). The van der Waals surface area contributed by atoms with Gasteiger partial charge in [-0.15, -0.1) is 0 Å². The van der Waals surface area contributed by atoms with Gasteiger partial charge in [-0.1, -0.05) is 12.1 Å². The van der Waals surface area contributed by atoms with E-state index in [2.05, 4.69) is 17.0 Å². The van der Waals surface area contributed by atoms with Gasteiger partial charge in [0.15, 0.2) is 0 Å². The van der Waals surface area contributed by atoms with Crippen LogP contribution >= 0.6 is 0 Å². The Hall–Kier alpha value is -2.42. The molecular formula is C24H26FN3O. The number of ether oxygens (including phenoxy) is 1. The molecule has 3 atom stereocenters. The van der Waals surface area contributed by atoms with Crippen molar-refractivity contribution >= 4 is 0 Å². The predicted molar refractivity (Wildman–Crippen MR) is 110 cm³/mol. The van der Waals surface area contributed by atoms with Crippen LogP contribution in [0.3, 0.4) is 0 Å². The first kappa shape index (κ1) is 18.6. The molecule has 4 nitrogen and oxygen atoms in total. The lowest BCUT2D eigenvalue weighted by Crippen LogP contribution is -2.36. The van der Waals surface area contributed by atoms with E-state index in [4.69, 9.17) is 15.7 Å². The van der Waals surface area contributed by atoms with Crippen LogP contribution in [0.1, 0.15) is 43.2 Å². The van der Waals surface area contributed by atoms with Gasteiger partial charge in [0.25, 0.3) is 0 Å². The Morgan fingerprint density at radius 2 is 2.00 bits per heavy atom. The van der Waals surface area contributed by atoms with Crippen molar-refractivity contribution in [2.24, 2.45) is 11.7 Å². The van der Waals surface area contributed by atoms with Gasteiger partial charge < -0.3 is 10.5 Å². The average Bonchev–Trinajstić information content (AvgIpc) is 3.42. The fourth-order valence-electron chi connectivity index (χ4n) is 4.90. The van der Waals surface area contributed by atoms with Crippen molar-refractivity contribution in [1.29, 1.82) is 5.26 Å². The second-order valence-corrected chi connectivity index (χ2v) is 8.76. The standard InChI is InChI=1S/C24H26FN3O/c25-21-10-17(4-5-18(21)12-26)20-9-16(3-8-24(20)29-14-15-1-2-15)13-28-19-6-7-23(28)22(27)11-19/h3-5,8-10,15,19,22-23H,1-2,6-7,11,13-14,27H2/t19-,22?,23+/m0/s1. The van der Waals surface area contributed by atoms with E-state index in [1.165, 1.54) is 37.3 Å². The molecule has 2 aromatic carbocycles. The minimum absolute atomic E-state index is 0.0629. The highest BCUT2D eigenvalue weighted by Gasteiger charge is 2.44. The molecule has 150 valence electrons. The Bertz CT molecular complexity index is 965. The molecule has 2 aromatic rings. The number of halogens is 1. The Morgan fingerprint density at radius 1 is 1.14 bits per heavy atom. The van der Waals surface area contributed by atoms with Crippen LogP contribution in [0.25, 0.3) is 11.1 Å². The topological polar surface area (TPSA) is 62.3 Å². The summed E-state index contributed by atoms with van der Waals surface area (Å²) in [4.78, 5) is 2.54. The second-order valence-electron chi connectivity index (χ2n) is 8.76. The van der Waals surface area contributed by atoms with E-state index in [-0.39, 0.29) is 11.6 Å². The van der Waals surface area contributed by atoms with E-state index in [1.807, 2.05) is 12.1 Å². The van der Waals surface area contributed by atoms with Crippen LogP contribution in [0.4, 0.5) is 4.39 Å². The van der Waals surface area contributed by atoms with Gasteiger partial charge >= 0.3 is 0 Å². The Kier molecular flexibility index (Phi) is 4.77. The quantitative estimate of drug-likeness (QED) is 0.801. The highest BCUT2D eigenvalue weighted by Crippen LogP contribution is 2.39. The summed E-state index contributed by atoms with van der Waals surface area (Å²) < 4.78 is 20.4. The van der Waals surface area contributed by atoms with Gasteiger partial charge in [-0.05, 0) is 73.4 Å². The SMILES string of the molecule is N#Cc1ccc(-c2cc(CN3[C@H]4CC[C@@H]3C(N)C4)ccc2OCC2CC2)cc1F. The van der Waals surface area contributed by atoms with E-state index in [9.17, 15) is 4.39 Å². The number of nitrogens with two attached hydrogens (primary N) is 1. The summed E-state index contributed by atoms with van der Waals surface area (Å²) in [7, 11) is 0. The van der Waals surface area contributed by atoms with Crippen LogP contribution < -0.4 is 10.5 Å². The molecule has 2 saturated heterocycles. The molecule has 3 aliphatic rings. The zero-order valence-electron chi connectivity index (χ0n) is 16.5. The largest absolute Gasteiger partial charge is 0.493 e. The molecule has 0 spiro atoms. The Labute approximate surface area is 171 Å². The van der Waals surface area contributed by atoms with Gasteiger partial charge in [-0.3, -0.25) is 4.90 Å². The van der Waals surface area contributed by atoms with Crippen molar-refractivity contribution < 1.29 is 9.13 Å². The molecule has 1 aliphatic carbocycles. The minimum Gasteiger partial charge on any atom is -0.493 e. The lowest BCUT2D eigenvalue weighted by atomic mass is 9.96. The van der Waals surface area contributed by atoms with E-state index < -0.39 is 5.82 Å². The zero-order chi connectivity index (χ0) is 20.0. The second kappa shape index (κ2) is 7.44. The molecular weight excluding hydrogens is 365 g/mol. The predicted octanol–water partition coefficient (Wildman–Crippen LogP) is 4.22. The number of nitriles is 1. The lowest BCUT2D eigenvalue weighted by molar-refractivity contribution is 0.239. The normalized spacial score (nSPS) is 25.9. The number of fused-ring (bicyclic) bond motifs is 2. The molecule has 3 fully saturated rings. The molecule has 0 aromatic heterocycles. The number of hydrogen-bond donors (Lipinski definition) is 1. The molecule has 5 heteroatoms. The fraction of sp³-hybridized carbons (Fsp3) is 0.458. The first-order valence-electron chi connectivity index (χ1n) is 10.6. The minimum atomic E-state index is -0.493. The maximum absolute atomic E-state index is 14.3. The smallest absolute Gasteiger partial charge is 0.141 e. The van der Waals surface area contributed by atoms with E-state index in [0.29, 0.717) is 24.6 Å². The van der Waals surface area contributed by atoms with Gasteiger partial charge in [0.05, 0.1) is 12.2 Å². The van der Waals surface area contributed by atoms with Gasteiger partial charge in [0.2, 0.25) is 0 Å². The maximum Gasteiger partial charge on any atom is 0.141 e. The van der Waals surface area contributed by atoms with Gasteiger partial charge in [0, 0.05) is 30.2 Å². The fourth-order valence-corrected chi connectivity index (χ4v) is 4.90. The third-order valence-corrected chi connectivity index (χ3v) is 6.71. The molecule has 2 bridgehead atoms. The maximum atomic E-state index is 14.3. The van der Waals surface area contributed by atoms with Crippen LogP contribution in [0.5, 0.6) is 5.75 Å². The molecule has 0 radical (unpaired) electrons. The van der Waals surface area contributed by atoms with E-state index in [1.54, 1.807) is 12.1 Å². The number of benzene rings is 2. The van der Waals surface area contributed by atoms with Crippen LogP contribution in [-0.4, -0.2) is 29.6 Å². The summed E-state index contributed by atoms with van der Waals surface area (Å²) >= 11 is 0. The summed E-state index contributed by atoms with van der Waals surface area (Å²) in [5.41, 5.74) is 9.19. The monoisotopic (exact) mass is 391 g/mol. The zero-order valence-corrected chi connectivity index (χ0v) is 16.5. The van der Waals surface area contributed by atoms with Crippen molar-refractivity contribution in [3.63, 3.8) is 0 Å². The van der Waals surface area contributed by atoms with Crippen molar-refractivity contribution in [3.8, 4) is 22.9 Å². The van der Waals surface area contributed by atoms with Crippen molar-refractivity contribution in [2.75, 3.05) is 6.61 Å². The van der Waals surface area contributed by atoms with Gasteiger partial charge in [-0.25, -0.2) is 4.39 Å². The third kappa shape index (κ3) is 3.63. The van der Waals surface area contributed by atoms with Crippen LogP contribution in [-0.2, 0) is 6.54 Å². The highest BCUT2D eigenvalue weighted by molar-refractivity contribution is 5.72. The lowest BCUT2D eigenvalue weighted by Gasteiger charge is -2.23. The van der Waals surface area contributed by atoms with Crippen LogP contribution in [0.2, 0.25) is 0 Å². The van der Waals surface area contributed by atoms with E-state index >= 15 is 0 Å². The molecule has 2 heterocycles. The van der Waals surface area contributed by atoms with Crippen molar-refractivity contribution in [2.45, 2.75) is 56.8 Å². The van der Waals surface area contributed by atoms with Gasteiger partial charge in [-0.2, -0.15) is 5.26 Å². The number of rotatable bonds is 6. The molecule has 2 aliphatic heterocycles. The van der Waals surface area contributed by atoms with Crippen LogP contribution in [0, 0.1) is 23.1 Å². The number of nitrogens with zero attached hydrogens (tertiary/aromatic N) is 2. The van der Waals surface area contributed by atoms with Gasteiger partial charge in [0.1, 0.15) is 17.6 Å². The summed E-state index contributed by atoms with van der Waals surface area (Å²) in [6.45, 7) is 1.56. The first-order valence-corrected chi connectivity index (χ1v) is 10.6. The van der Waals surface area contributed by atoms with Crippen LogP contribution in [0.15, 0.2) is 36.4 Å². The molecule has 0 amide bonds. The molecule has 1 saturated carbocycles. The van der Waals surface area contributed by atoms with Crippen molar-refractivity contribution in [3.05, 3.63) is 53.3 Å². The van der Waals surface area contributed by atoms with Crippen molar-refractivity contribution in [1.82, 2.24) is 4.90 Å². The molecule has 29 heavy (non-hydrogen) atoms. The third-order valence-electron chi connectivity index (χ3n) is 6.71. The summed E-state index contributed by atoms with van der Waals surface area (Å²) in [5.74, 6) is 0.930.